The number of aromatic nitrogens is 2. The lowest BCUT2D eigenvalue weighted by atomic mass is 10.0. The van der Waals surface area contributed by atoms with E-state index >= 15 is 0 Å². The SMILES string of the molecule is CCCCn1c(N)c(N(Cc2ccccc2)C(=O)CN2CCCc3cc(F)ccc32)c(=O)[nH]c1=O. The van der Waals surface area contributed by atoms with E-state index in [4.69, 9.17) is 5.73 Å². The Kier molecular flexibility index (Phi) is 7.33. The number of nitrogens with two attached hydrogens (primary N) is 1. The van der Waals surface area contributed by atoms with E-state index in [1.54, 1.807) is 6.07 Å². The Morgan fingerprint density at radius 1 is 1.17 bits per heavy atom. The number of nitrogen functional groups attached to an aromatic ring is 1. The molecular formula is C26H30FN5O3. The lowest BCUT2D eigenvalue weighted by Crippen LogP contribution is -2.46. The fourth-order valence-electron chi connectivity index (χ4n) is 4.49. The largest absolute Gasteiger partial charge is 0.383 e. The maximum atomic E-state index is 13.8. The topological polar surface area (TPSA) is 104 Å². The molecule has 1 aromatic heterocycles. The molecule has 0 bridgehead atoms. The van der Waals surface area contributed by atoms with E-state index in [2.05, 4.69) is 4.98 Å². The van der Waals surface area contributed by atoms with Crippen LogP contribution in [0.3, 0.4) is 0 Å². The molecule has 2 heterocycles. The molecule has 0 aliphatic carbocycles. The summed E-state index contributed by atoms with van der Waals surface area (Å²) in [5.41, 5.74) is 7.47. The molecule has 1 aliphatic rings. The number of hydrogen-bond acceptors (Lipinski definition) is 5. The van der Waals surface area contributed by atoms with Gasteiger partial charge < -0.3 is 10.6 Å². The second kappa shape index (κ2) is 10.6. The van der Waals surface area contributed by atoms with Crippen LogP contribution in [0.1, 0.15) is 37.3 Å². The van der Waals surface area contributed by atoms with Crippen molar-refractivity contribution in [2.24, 2.45) is 0 Å². The zero-order valence-corrected chi connectivity index (χ0v) is 19.8. The quantitative estimate of drug-likeness (QED) is 0.517. The minimum atomic E-state index is -0.703. The Bertz CT molecular complexity index is 1320. The van der Waals surface area contributed by atoms with Gasteiger partial charge in [-0.3, -0.25) is 24.0 Å². The predicted molar refractivity (Wildman–Crippen MR) is 135 cm³/mol. The molecule has 8 nitrogen and oxygen atoms in total. The Morgan fingerprint density at radius 2 is 1.94 bits per heavy atom. The zero-order valence-electron chi connectivity index (χ0n) is 19.8. The summed E-state index contributed by atoms with van der Waals surface area (Å²) >= 11 is 0. The molecule has 184 valence electrons. The van der Waals surface area contributed by atoms with E-state index in [9.17, 15) is 18.8 Å². The maximum absolute atomic E-state index is 13.8. The van der Waals surface area contributed by atoms with Crippen molar-refractivity contribution in [1.82, 2.24) is 9.55 Å². The highest BCUT2D eigenvalue weighted by Crippen LogP contribution is 2.28. The first-order valence-corrected chi connectivity index (χ1v) is 11.9. The highest BCUT2D eigenvalue weighted by molar-refractivity contribution is 5.98. The molecule has 0 radical (unpaired) electrons. The van der Waals surface area contributed by atoms with Crippen molar-refractivity contribution in [1.29, 1.82) is 0 Å². The van der Waals surface area contributed by atoms with Gasteiger partial charge in [-0.05, 0) is 48.6 Å². The summed E-state index contributed by atoms with van der Waals surface area (Å²) < 4.78 is 15.1. The van der Waals surface area contributed by atoms with Gasteiger partial charge in [-0.25, -0.2) is 9.18 Å². The molecule has 0 atom stereocenters. The summed E-state index contributed by atoms with van der Waals surface area (Å²) in [7, 11) is 0. The number of anilines is 3. The number of aryl methyl sites for hydroxylation is 1. The van der Waals surface area contributed by atoms with Gasteiger partial charge in [0, 0.05) is 18.8 Å². The number of unbranched alkanes of at least 4 members (excludes halogenated alkanes) is 1. The molecule has 1 amide bonds. The van der Waals surface area contributed by atoms with Gasteiger partial charge in [-0.2, -0.15) is 0 Å². The fraction of sp³-hybridized carbons (Fsp3) is 0.346. The smallest absolute Gasteiger partial charge is 0.330 e. The highest BCUT2D eigenvalue weighted by Gasteiger charge is 2.27. The molecule has 0 saturated heterocycles. The number of carbonyl (C=O) groups is 1. The number of hydrogen-bond donors (Lipinski definition) is 2. The van der Waals surface area contributed by atoms with Crippen LogP contribution in [-0.2, 0) is 24.3 Å². The summed E-state index contributed by atoms with van der Waals surface area (Å²) in [5, 5.41) is 0. The number of nitrogens with zero attached hydrogens (tertiary/aromatic N) is 3. The van der Waals surface area contributed by atoms with Crippen LogP contribution in [0.5, 0.6) is 0 Å². The summed E-state index contributed by atoms with van der Waals surface area (Å²) in [6.45, 7) is 3.05. The molecule has 0 fully saturated rings. The molecule has 0 saturated carbocycles. The van der Waals surface area contributed by atoms with Crippen LogP contribution < -0.4 is 26.8 Å². The maximum Gasteiger partial charge on any atom is 0.330 e. The molecular weight excluding hydrogens is 449 g/mol. The number of aromatic amines is 1. The number of nitrogens with one attached hydrogen (secondary N) is 1. The van der Waals surface area contributed by atoms with E-state index < -0.39 is 11.2 Å². The van der Waals surface area contributed by atoms with E-state index in [1.165, 1.54) is 21.6 Å². The molecule has 35 heavy (non-hydrogen) atoms. The van der Waals surface area contributed by atoms with Crippen molar-refractivity contribution in [2.45, 2.75) is 45.7 Å². The lowest BCUT2D eigenvalue weighted by Gasteiger charge is -2.33. The van der Waals surface area contributed by atoms with Crippen molar-refractivity contribution < 1.29 is 9.18 Å². The summed E-state index contributed by atoms with van der Waals surface area (Å²) in [6, 6.07) is 13.9. The second-order valence-corrected chi connectivity index (χ2v) is 8.76. The number of benzene rings is 2. The first-order valence-electron chi connectivity index (χ1n) is 11.9. The molecule has 0 unspecified atom stereocenters. The van der Waals surface area contributed by atoms with Gasteiger partial charge in [0.25, 0.3) is 5.56 Å². The van der Waals surface area contributed by atoms with Crippen molar-refractivity contribution >= 4 is 23.1 Å². The van der Waals surface area contributed by atoms with Crippen LogP contribution in [-0.4, -0.2) is 28.5 Å². The summed E-state index contributed by atoms with van der Waals surface area (Å²) in [4.78, 5) is 44.7. The summed E-state index contributed by atoms with van der Waals surface area (Å²) in [6.07, 6.45) is 3.05. The third-order valence-electron chi connectivity index (χ3n) is 6.29. The standard InChI is InChI=1S/C26H30FN5O3/c1-2-3-14-31-24(28)23(25(34)29-26(31)35)32(16-18-8-5-4-6-9-18)22(33)17-30-13-7-10-19-15-20(27)11-12-21(19)30/h4-6,8-9,11-12,15H,2-3,7,10,13-14,16-17,28H2,1H3,(H,29,34,35). The van der Waals surface area contributed by atoms with Gasteiger partial charge in [0.05, 0.1) is 13.1 Å². The Morgan fingerprint density at radius 3 is 2.69 bits per heavy atom. The Balaban J connectivity index is 1.73. The van der Waals surface area contributed by atoms with Gasteiger partial charge in [0.15, 0.2) is 5.69 Å². The van der Waals surface area contributed by atoms with Crippen LogP contribution in [0.4, 0.5) is 21.6 Å². The van der Waals surface area contributed by atoms with Crippen LogP contribution in [0.15, 0.2) is 58.1 Å². The van der Waals surface area contributed by atoms with Gasteiger partial charge in [-0.1, -0.05) is 43.7 Å². The first-order chi connectivity index (χ1) is 16.9. The molecule has 4 rings (SSSR count). The highest BCUT2D eigenvalue weighted by atomic mass is 19.1. The van der Waals surface area contributed by atoms with Crippen molar-refractivity contribution in [3.8, 4) is 0 Å². The second-order valence-electron chi connectivity index (χ2n) is 8.76. The molecule has 1 aliphatic heterocycles. The van der Waals surface area contributed by atoms with Crippen LogP contribution >= 0.6 is 0 Å². The molecule has 0 spiro atoms. The minimum Gasteiger partial charge on any atom is -0.383 e. The number of fused-ring (bicyclic) bond motifs is 1. The van der Waals surface area contributed by atoms with Crippen LogP contribution in [0.25, 0.3) is 0 Å². The number of halogens is 1. The Hall–Kier alpha value is -3.88. The normalized spacial score (nSPS) is 12.9. The van der Waals surface area contributed by atoms with Gasteiger partial charge >= 0.3 is 5.69 Å². The average molecular weight is 480 g/mol. The minimum absolute atomic E-state index is 0.0154. The molecule has 2 aromatic carbocycles. The van der Waals surface area contributed by atoms with Gasteiger partial charge in [0.1, 0.15) is 11.6 Å². The average Bonchev–Trinajstić information content (AvgIpc) is 2.83. The molecule has 9 heteroatoms. The van der Waals surface area contributed by atoms with Crippen LogP contribution in [0, 0.1) is 5.82 Å². The number of carbonyl (C=O) groups excluding carboxylic acids is 1. The van der Waals surface area contributed by atoms with E-state index in [0.717, 1.165) is 36.1 Å². The van der Waals surface area contributed by atoms with E-state index in [-0.39, 0.29) is 36.3 Å². The van der Waals surface area contributed by atoms with Crippen molar-refractivity contribution in [2.75, 3.05) is 28.6 Å². The first kappa shape index (κ1) is 24.3. The molecule has 3 aromatic rings. The van der Waals surface area contributed by atoms with Gasteiger partial charge in [-0.15, -0.1) is 0 Å². The summed E-state index contributed by atoms with van der Waals surface area (Å²) in [5.74, 6) is -0.683. The number of rotatable bonds is 8. The Labute approximate surface area is 202 Å². The van der Waals surface area contributed by atoms with Gasteiger partial charge in [0.2, 0.25) is 5.91 Å². The van der Waals surface area contributed by atoms with Crippen molar-refractivity contribution in [3.05, 3.63) is 86.3 Å². The zero-order chi connectivity index (χ0) is 24.9. The van der Waals surface area contributed by atoms with Crippen molar-refractivity contribution in [3.63, 3.8) is 0 Å². The van der Waals surface area contributed by atoms with E-state index in [0.29, 0.717) is 19.5 Å². The van der Waals surface area contributed by atoms with Crippen LogP contribution in [0.2, 0.25) is 0 Å². The molecule has 3 N–H and O–H groups in total. The fourth-order valence-corrected chi connectivity index (χ4v) is 4.49. The number of H-pyrrole nitrogens is 1. The monoisotopic (exact) mass is 479 g/mol. The number of amides is 1. The van der Waals surface area contributed by atoms with E-state index in [1.807, 2.05) is 42.2 Å². The third-order valence-corrected chi connectivity index (χ3v) is 6.29. The lowest BCUT2D eigenvalue weighted by molar-refractivity contribution is -0.117. The predicted octanol–water partition coefficient (Wildman–Crippen LogP) is 3.04. The third kappa shape index (κ3) is 5.29.